The van der Waals surface area contributed by atoms with E-state index in [1.54, 1.807) is 5.57 Å². The molecule has 0 spiro atoms. The first-order valence-corrected chi connectivity index (χ1v) is 14.0. The van der Waals surface area contributed by atoms with Crippen LogP contribution in [0.15, 0.2) is 11.6 Å². The lowest BCUT2D eigenvalue weighted by molar-refractivity contribution is -0.147. The molecule has 3 saturated carbocycles. The first-order chi connectivity index (χ1) is 15.8. The molecule has 0 radical (unpaired) electrons. The summed E-state index contributed by atoms with van der Waals surface area (Å²) in [6, 6.07) is 0. The van der Waals surface area contributed by atoms with Gasteiger partial charge in [-0.2, -0.15) is 0 Å². The topological polar surface area (TPSA) is 59.1 Å². The fourth-order valence-corrected chi connectivity index (χ4v) is 10.3. The molecule has 34 heavy (non-hydrogen) atoms. The number of hydrogen-bond donors (Lipinski definition) is 1. The Kier molecular flexibility index (Phi) is 4.86. The maximum Gasteiger partial charge on any atom is 0.158 e. The number of hydrogen-bond acceptors (Lipinski definition) is 4. The van der Waals surface area contributed by atoms with Crippen molar-refractivity contribution in [3.63, 3.8) is 0 Å². The molecular weight excluding hydrogens is 424 g/mol. The van der Waals surface area contributed by atoms with Crippen LogP contribution in [0.4, 0.5) is 0 Å². The van der Waals surface area contributed by atoms with Crippen LogP contribution in [0.2, 0.25) is 0 Å². The zero-order valence-electron chi connectivity index (χ0n) is 22.4. The number of ether oxygens (including phenoxy) is 2. The van der Waals surface area contributed by atoms with Crippen molar-refractivity contribution in [2.75, 3.05) is 0 Å². The molecule has 0 aromatic heterocycles. The number of fused-ring (bicyclic) bond motifs is 5. The van der Waals surface area contributed by atoms with Crippen molar-refractivity contribution in [2.45, 2.75) is 124 Å². The first-order valence-electron chi connectivity index (χ1n) is 14.0. The van der Waals surface area contributed by atoms with Gasteiger partial charge in [-0.1, -0.05) is 46.3 Å². The fourth-order valence-electron chi connectivity index (χ4n) is 10.3. The summed E-state index contributed by atoms with van der Waals surface area (Å²) in [5.74, 6) is 2.19. The van der Waals surface area contributed by atoms with Crippen molar-refractivity contribution in [1.82, 2.24) is 0 Å². The van der Waals surface area contributed by atoms with Gasteiger partial charge in [0.15, 0.2) is 6.29 Å². The van der Waals surface area contributed by atoms with E-state index in [1.807, 2.05) is 0 Å². The van der Waals surface area contributed by atoms with Crippen molar-refractivity contribution < 1.29 is 19.4 Å². The van der Waals surface area contributed by atoms with Gasteiger partial charge in [0.1, 0.15) is 11.9 Å². The lowest BCUT2D eigenvalue weighted by Gasteiger charge is -2.63. The molecular formula is C30H46O4. The van der Waals surface area contributed by atoms with Gasteiger partial charge < -0.3 is 14.6 Å². The summed E-state index contributed by atoms with van der Waals surface area (Å²) in [5, 5.41) is 11.0. The lowest BCUT2D eigenvalue weighted by Crippen LogP contribution is -2.57. The van der Waals surface area contributed by atoms with Crippen molar-refractivity contribution in [1.29, 1.82) is 0 Å². The summed E-state index contributed by atoms with van der Waals surface area (Å²) < 4.78 is 12.0. The number of epoxide rings is 1. The van der Waals surface area contributed by atoms with E-state index in [0.717, 1.165) is 25.7 Å². The van der Waals surface area contributed by atoms with Gasteiger partial charge in [-0.3, -0.25) is 4.79 Å². The summed E-state index contributed by atoms with van der Waals surface area (Å²) in [6.45, 7) is 16.2. The Morgan fingerprint density at radius 1 is 1.00 bits per heavy atom. The van der Waals surface area contributed by atoms with Crippen LogP contribution in [-0.2, 0) is 14.3 Å². The molecule has 0 aromatic carbocycles. The Morgan fingerprint density at radius 3 is 2.38 bits per heavy atom. The highest BCUT2D eigenvalue weighted by Gasteiger charge is 2.67. The summed E-state index contributed by atoms with van der Waals surface area (Å²) in [7, 11) is 0. The van der Waals surface area contributed by atoms with Gasteiger partial charge in [0, 0.05) is 17.8 Å². The smallest absolute Gasteiger partial charge is 0.158 e. The molecule has 4 nitrogen and oxygen atoms in total. The van der Waals surface area contributed by atoms with Crippen LogP contribution >= 0.6 is 0 Å². The molecule has 2 saturated heterocycles. The van der Waals surface area contributed by atoms with Gasteiger partial charge in [0.2, 0.25) is 0 Å². The third-order valence-corrected chi connectivity index (χ3v) is 12.7. The number of carbonyl (C=O) groups is 1. The number of allylic oxidation sites excluding steroid dienone is 2. The van der Waals surface area contributed by atoms with E-state index < -0.39 is 6.29 Å². The van der Waals surface area contributed by atoms with Crippen molar-refractivity contribution in [3.05, 3.63) is 11.6 Å². The predicted octanol–water partition coefficient (Wildman–Crippen LogP) is 6.06. The van der Waals surface area contributed by atoms with Crippen molar-refractivity contribution >= 4 is 5.78 Å². The molecule has 10 atom stereocenters. The molecule has 4 aliphatic carbocycles. The molecule has 1 N–H and O–H groups in total. The summed E-state index contributed by atoms with van der Waals surface area (Å²) >= 11 is 0. The Labute approximate surface area is 206 Å². The monoisotopic (exact) mass is 470 g/mol. The van der Waals surface area contributed by atoms with E-state index >= 15 is 0 Å². The van der Waals surface area contributed by atoms with E-state index in [0.29, 0.717) is 23.5 Å². The number of carbonyl (C=O) groups excluding carboxylic acids is 1. The van der Waals surface area contributed by atoms with Crippen LogP contribution < -0.4 is 0 Å². The fraction of sp³-hybridized carbons (Fsp3) is 0.900. The molecule has 2 aliphatic heterocycles. The average Bonchev–Trinajstić information content (AvgIpc) is 3.08. The highest BCUT2D eigenvalue weighted by Crippen LogP contribution is 2.73. The zero-order chi connectivity index (χ0) is 24.5. The average molecular weight is 471 g/mol. The molecule has 0 amide bonds. The Bertz CT molecular complexity index is 934. The molecule has 6 aliphatic rings. The molecule has 2 heterocycles. The maximum atomic E-state index is 12.8. The minimum Gasteiger partial charge on any atom is -0.368 e. The van der Waals surface area contributed by atoms with Gasteiger partial charge in [-0.15, -0.1) is 0 Å². The van der Waals surface area contributed by atoms with Crippen LogP contribution in [-0.4, -0.2) is 35.0 Å². The minimum atomic E-state index is -0.667. The Hall–Kier alpha value is -0.710. The van der Waals surface area contributed by atoms with Crippen molar-refractivity contribution in [2.24, 2.45) is 45.3 Å². The molecule has 0 unspecified atom stereocenters. The quantitative estimate of drug-likeness (QED) is 0.393. The van der Waals surface area contributed by atoms with Gasteiger partial charge in [0.25, 0.3) is 0 Å². The van der Waals surface area contributed by atoms with Gasteiger partial charge in [-0.25, -0.2) is 0 Å². The van der Waals surface area contributed by atoms with E-state index in [1.165, 1.54) is 25.7 Å². The maximum absolute atomic E-state index is 12.8. The summed E-state index contributed by atoms with van der Waals surface area (Å²) in [5.41, 5.74) is 1.95. The Balaban J connectivity index is 1.30. The molecule has 4 heteroatoms. The van der Waals surface area contributed by atoms with Crippen LogP contribution in [0.1, 0.15) is 99.8 Å². The van der Waals surface area contributed by atoms with Crippen LogP contribution in [0, 0.1) is 45.3 Å². The largest absolute Gasteiger partial charge is 0.368 e. The van der Waals surface area contributed by atoms with Crippen LogP contribution in [0.5, 0.6) is 0 Å². The highest BCUT2D eigenvalue weighted by molar-refractivity contribution is 5.85. The predicted molar refractivity (Wildman–Crippen MR) is 132 cm³/mol. The lowest BCUT2D eigenvalue weighted by atomic mass is 9.41. The molecule has 5 fully saturated rings. The van der Waals surface area contributed by atoms with Gasteiger partial charge in [-0.05, 0) is 92.8 Å². The van der Waals surface area contributed by atoms with E-state index in [4.69, 9.17) is 9.47 Å². The number of rotatable bonds is 2. The second-order valence-corrected chi connectivity index (χ2v) is 14.7. The molecule has 190 valence electrons. The highest BCUT2D eigenvalue weighted by atomic mass is 16.7. The number of aliphatic hydroxyl groups is 1. The standard InChI is InChI=1S/C30H46O4/c1-26(2)22-9-8-20-19(28(22,5)13-12-23(26)31)11-15-29(6)18(10-14-30(20,29)7)17-16-21(33-25(17)32)24-27(3,4)34-24/h8,17-19,21-22,24-25,32H,9-16H2,1-7H3/t17-,18-,19+,21+,22-,24-,25+,28+,29-,30+/m0/s1. The number of ketones is 1. The zero-order valence-corrected chi connectivity index (χ0v) is 22.4. The van der Waals surface area contributed by atoms with E-state index in [-0.39, 0.29) is 45.4 Å². The second kappa shape index (κ2) is 6.98. The SMILES string of the molecule is CC1(C)O[C@H]1[C@H]1C[C@@H]([C@@H]2CC[C@]3(C)C4=CC[C@H]5C(C)(C)C(=O)CC[C@]5(C)[C@@H]4CC[C@@]23C)[C@H](O)O1. The normalized spacial score (nSPS) is 55.2. The minimum absolute atomic E-state index is 0.0253. The van der Waals surface area contributed by atoms with E-state index in [2.05, 4.69) is 54.5 Å². The second-order valence-electron chi connectivity index (χ2n) is 14.7. The molecule has 0 bridgehead atoms. The van der Waals surface area contributed by atoms with Gasteiger partial charge >= 0.3 is 0 Å². The summed E-state index contributed by atoms with van der Waals surface area (Å²) in [6.07, 6.45) is 10.6. The number of Topliss-reactive ketones (excluding diaryl/α,β-unsaturated/α-hetero) is 1. The van der Waals surface area contributed by atoms with Crippen molar-refractivity contribution in [3.8, 4) is 0 Å². The van der Waals surface area contributed by atoms with Gasteiger partial charge in [0.05, 0.1) is 11.7 Å². The number of aliphatic hydroxyl groups excluding tert-OH is 1. The van der Waals surface area contributed by atoms with E-state index in [9.17, 15) is 9.90 Å². The summed E-state index contributed by atoms with van der Waals surface area (Å²) in [4.78, 5) is 12.8. The molecule has 6 rings (SSSR count). The van der Waals surface area contributed by atoms with Crippen LogP contribution in [0.25, 0.3) is 0 Å². The third kappa shape index (κ3) is 2.85. The third-order valence-electron chi connectivity index (χ3n) is 12.7. The van der Waals surface area contributed by atoms with Crippen LogP contribution in [0.3, 0.4) is 0 Å². The first kappa shape index (κ1) is 23.7. The Morgan fingerprint density at radius 2 is 1.71 bits per heavy atom. The molecule has 0 aromatic rings.